The zero-order chi connectivity index (χ0) is 23.8. The fraction of sp³-hybridized carbons (Fsp3) is 0.346. The number of fused-ring (bicyclic) bond motifs is 3. The maximum Gasteiger partial charge on any atom is 0.176 e. The molecule has 0 bridgehead atoms. The van der Waals surface area contributed by atoms with Crippen LogP contribution in [0.15, 0.2) is 48.7 Å². The second-order valence-electron chi connectivity index (χ2n) is 8.89. The van der Waals surface area contributed by atoms with E-state index in [1.165, 1.54) is 0 Å². The van der Waals surface area contributed by atoms with E-state index < -0.39 is 0 Å². The van der Waals surface area contributed by atoms with Crippen LogP contribution in [0.5, 0.6) is 11.5 Å². The Hall–Kier alpha value is -3.99. The van der Waals surface area contributed by atoms with E-state index in [9.17, 15) is 5.26 Å². The summed E-state index contributed by atoms with van der Waals surface area (Å²) in [5.41, 5.74) is 3.58. The van der Waals surface area contributed by atoms with Crippen molar-refractivity contribution in [1.29, 1.82) is 5.26 Å². The quantitative estimate of drug-likeness (QED) is 0.606. The lowest BCUT2D eigenvalue weighted by molar-refractivity contribution is 0.224. The number of ether oxygens (including phenoxy) is 2. The first-order valence-electron chi connectivity index (χ1n) is 11.5. The first-order chi connectivity index (χ1) is 16.4. The Morgan fingerprint density at radius 1 is 1.21 bits per heavy atom. The third kappa shape index (κ3) is 4.05. The molecule has 0 aliphatic carbocycles. The van der Waals surface area contributed by atoms with Crippen LogP contribution in [0, 0.1) is 18.3 Å². The second kappa shape index (κ2) is 8.75. The number of nitrogens with zero attached hydrogens (tertiary/aromatic N) is 5. The van der Waals surface area contributed by atoms with Gasteiger partial charge in [-0.25, -0.2) is 9.67 Å². The zero-order valence-corrected chi connectivity index (χ0v) is 19.8. The summed E-state index contributed by atoms with van der Waals surface area (Å²) in [6, 6.07) is 15.9. The lowest BCUT2D eigenvalue weighted by Crippen LogP contribution is -2.28. The van der Waals surface area contributed by atoms with E-state index in [0.29, 0.717) is 12.2 Å². The lowest BCUT2D eigenvalue weighted by Gasteiger charge is -2.23. The molecule has 8 nitrogen and oxygen atoms in total. The molecule has 2 unspecified atom stereocenters. The molecule has 1 N–H and O–H groups in total. The molecule has 8 heteroatoms. The minimum Gasteiger partial charge on any atom is -0.491 e. The van der Waals surface area contributed by atoms with Gasteiger partial charge < -0.3 is 19.7 Å². The molecule has 0 fully saturated rings. The number of aryl methyl sites for hydroxylation is 1. The van der Waals surface area contributed by atoms with E-state index in [0.717, 1.165) is 46.5 Å². The van der Waals surface area contributed by atoms with Gasteiger partial charge in [-0.1, -0.05) is 12.1 Å². The molecular formula is C26H28N6O2. The molecule has 0 spiro atoms. The number of benzene rings is 2. The largest absolute Gasteiger partial charge is 0.491 e. The Kier molecular flexibility index (Phi) is 5.62. The topological polar surface area (TPSA) is 88.2 Å². The number of nitriles is 1. The highest BCUT2D eigenvalue weighted by atomic mass is 16.5. The molecule has 3 aromatic rings. The molecule has 3 heterocycles. The molecule has 2 atom stereocenters. The van der Waals surface area contributed by atoms with Crippen LogP contribution in [0.2, 0.25) is 0 Å². The highest BCUT2D eigenvalue weighted by Gasteiger charge is 2.33. The normalized spacial score (nSPS) is 17.6. The average molecular weight is 457 g/mol. The fourth-order valence-electron chi connectivity index (χ4n) is 4.39. The van der Waals surface area contributed by atoms with Crippen molar-refractivity contribution in [3.8, 4) is 17.6 Å². The Labute approximate surface area is 199 Å². The van der Waals surface area contributed by atoms with Crippen LogP contribution in [0.4, 0.5) is 0 Å². The molecular weight excluding hydrogens is 428 g/mol. The molecule has 2 aromatic carbocycles. The SMILES string of the molecule is Cc1nc(C2=CN3CCOc4cc(OC(C)c5cccc(C#N)c5)ccc4C3N2)n(C(C)C)n1. The molecule has 0 saturated carbocycles. The summed E-state index contributed by atoms with van der Waals surface area (Å²) in [7, 11) is 0. The Bertz CT molecular complexity index is 1290. The number of aromatic nitrogens is 3. The van der Waals surface area contributed by atoms with Crippen molar-refractivity contribution in [3.05, 3.63) is 77.0 Å². The van der Waals surface area contributed by atoms with E-state index >= 15 is 0 Å². The van der Waals surface area contributed by atoms with Crippen molar-refractivity contribution in [3.63, 3.8) is 0 Å². The van der Waals surface area contributed by atoms with Crippen molar-refractivity contribution in [1.82, 2.24) is 25.0 Å². The predicted molar refractivity (Wildman–Crippen MR) is 128 cm³/mol. The van der Waals surface area contributed by atoms with E-state index in [4.69, 9.17) is 9.47 Å². The van der Waals surface area contributed by atoms with Gasteiger partial charge in [-0.05, 0) is 57.5 Å². The molecule has 2 aliphatic rings. The molecule has 1 aromatic heterocycles. The lowest BCUT2D eigenvalue weighted by atomic mass is 10.1. The third-order valence-corrected chi connectivity index (χ3v) is 6.07. The van der Waals surface area contributed by atoms with Crippen LogP contribution in [0.3, 0.4) is 0 Å². The average Bonchev–Trinajstić information content (AvgIpc) is 3.39. The maximum absolute atomic E-state index is 9.17. The fourth-order valence-corrected chi connectivity index (χ4v) is 4.39. The van der Waals surface area contributed by atoms with Gasteiger partial charge in [0.2, 0.25) is 0 Å². The Morgan fingerprint density at radius 3 is 2.85 bits per heavy atom. The Balaban J connectivity index is 1.38. The van der Waals surface area contributed by atoms with Crippen LogP contribution in [0.25, 0.3) is 5.70 Å². The molecule has 0 saturated heterocycles. The minimum atomic E-state index is -0.197. The second-order valence-corrected chi connectivity index (χ2v) is 8.89. The predicted octanol–water partition coefficient (Wildman–Crippen LogP) is 4.47. The minimum absolute atomic E-state index is 0.0519. The molecule has 5 rings (SSSR count). The van der Waals surface area contributed by atoms with Gasteiger partial charge in [0, 0.05) is 23.9 Å². The standard InChI is InChI=1S/C26H28N6O2/c1-16(2)32-26(28-18(4)30-32)23-15-31-10-11-33-24-13-21(8-9-22(24)25(31)29-23)34-17(3)20-7-5-6-19(12-20)14-27/h5-9,12-13,15-17,25,29H,10-11H2,1-4H3. The first kappa shape index (κ1) is 21.8. The summed E-state index contributed by atoms with van der Waals surface area (Å²) in [5.74, 6) is 3.12. The van der Waals surface area contributed by atoms with E-state index in [2.05, 4.69) is 46.4 Å². The van der Waals surface area contributed by atoms with E-state index in [1.54, 1.807) is 6.07 Å². The van der Waals surface area contributed by atoms with Crippen LogP contribution in [0.1, 0.15) is 67.4 Å². The van der Waals surface area contributed by atoms with Gasteiger partial charge in [0.05, 0.1) is 23.9 Å². The van der Waals surface area contributed by atoms with E-state index in [1.807, 2.05) is 54.9 Å². The maximum atomic E-state index is 9.17. The van der Waals surface area contributed by atoms with Crippen molar-refractivity contribution in [2.45, 2.75) is 46.0 Å². The van der Waals surface area contributed by atoms with Crippen molar-refractivity contribution >= 4 is 5.70 Å². The van der Waals surface area contributed by atoms with Crippen molar-refractivity contribution in [2.75, 3.05) is 13.2 Å². The summed E-state index contributed by atoms with van der Waals surface area (Å²) in [5, 5.41) is 17.4. The van der Waals surface area contributed by atoms with Gasteiger partial charge in [-0.2, -0.15) is 10.4 Å². The molecule has 34 heavy (non-hydrogen) atoms. The van der Waals surface area contributed by atoms with Crippen LogP contribution in [-0.2, 0) is 0 Å². The summed E-state index contributed by atoms with van der Waals surface area (Å²) < 4.78 is 14.2. The highest BCUT2D eigenvalue weighted by molar-refractivity contribution is 5.62. The van der Waals surface area contributed by atoms with Crippen LogP contribution < -0.4 is 14.8 Å². The zero-order valence-electron chi connectivity index (χ0n) is 19.8. The van der Waals surface area contributed by atoms with Crippen LogP contribution in [-0.4, -0.2) is 32.8 Å². The third-order valence-electron chi connectivity index (χ3n) is 6.07. The highest BCUT2D eigenvalue weighted by Crippen LogP contribution is 2.39. The summed E-state index contributed by atoms with van der Waals surface area (Å²) in [4.78, 5) is 6.90. The molecule has 0 amide bonds. The summed E-state index contributed by atoms with van der Waals surface area (Å²) in [6.07, 6.45) is 1.86. The summed E-state index contributed by atoms with van der Waals surface area (Å²) >= 11 is 0. The van der Waals surface area contributed by atoms with Gasteiger partial charge in [0.1, 0.15) is 36.2 Å². The Morgan fingerprint density at radius 2 is 2.06 bits per heavy atom. The van der Waals surface area contributed by atoms with Gasteiger partial charge >= 0.3 is 0 Å². The first-order valence-corrected chi connectivity index (χ1v) is 11.5. The number of nitrogens with one attached hydrogen (secondary N) is 1. The number of hydrogen-bond donors (Lipinski definition) is 1. The molecule has 0 radical (unpaired) electrons. The number of hydrogen-bond acceptors (Lipinski definition) is 7. The number of rotatable bonds is 5. The monoisotopic (exact) mass is 456 g/mol. The van der Waals surface area contributed by atoms with E-state index in [-0.39, 0.29) is 18.3 Å². The van der Waals surface area contributed by atoms with Crippen LogP contribution >= 0.6 is 0 Å². The van der Waals surface area contributed by atoms with Gasteiger partial charge in [0.25, 0.3) is 0 Å². The van der Waals surface area contributed by atoms with Gasteiger partial charge in [-0.3, -0.25) is 0 Å². The molecule has 174 valence electrons. The van der Waals surface area contributed by atoms with Gasteiger partial charge in [0.15, 0.2) is 5.82 Å². The van der Waals surface area contributed by atoms with Crippen molar-refractivity contribution < 1.29 is 9.47 Å². The molecule has 2 aliphatic heterocycles. The van der Waals surface area contributed by atoms with Gasteiger partial charge in [-0.15, -0.1) is 0 Å². The smallest absolute Gasteiger partial charge is 0.176 e. The van der Waals surface area contributed by atoms with Crippen molar-refractivity contribution in [2.24, 2.45) is 0 Å². The summed E-state index contributed by atoms with van der Waals surface area (Å²) in [6.45, 7) is 9.42.